The summed E-state index contributed by atoms with van der Waals surface area (Å²) in [6, 6.07) is 0. The molecule has 0 spiro atoms. The molecule has 0 aromatic rings. The topological polar surface area (TPSA) is 26.3 Å². The average Bonchev–Trinajstić information content (AvgIpc) is 2.76. The Morgan fingerprint density at radius 2 is 2.07 bits per heavy atom. The molecule has 1 heterocycles. The predicted molar refractivity (Wildman–Crippen MR) is 55.2 cm³/mol. The average molecular weight is 196 g/mol. The zero-order chi connectivity index (χ0) is 10.0. The Morgan fingerprint density at radius 1 is 1.36 bits per heavy atom. The number of ketones is 1. The van der Waals surface area contributed by atoms with Gasteiger partial charge in [-0.2, -0.15) is 0 Å². The summed E-state index contributed by atoms with van der Waals surface area (Å²) in [5.74, 6) is 1.01. The largest absolute Gasteiger partial charge is 0.368 e. The molecule has 80 valence electrons. The van der Waals surface area contributed by atoms with Gasteiger partial charge in [0.05, 0.1) is 0 Å². The number of hydrogen-bond acceptors (Lipinski definition) is 2. The highest BCUT2D eigenvalue weighted by Crippen LogP contribution is 2.33. The van der Waals surface area contributed by atoms with Crippen LogP contribution >= 0.6 is 0 Å². The molecule has 0 N–H and O–H groups in total. The van der Waals surface area contributed by atoms with Gasteiger partial charge in [0.1, 0.15) is 5.60 Å². The Hall–Kier alpha value is -0.370. The molecule has 0 amide bonds. The molecule has 14 heavy (non-hydrogen) atoms. The summed E-state index contributed by atoms with van der Waals surface area (Å²) in [7, 11) is 0. The first kappa shape index (κ1) is 10.2. The molecule has 0 aromatic heterocycles. The van der Waals surface area contributed by atoms with Crippen LogP contribution in [0.15, 0.2) is 0 Å². The summed E-state index contributed by atoms with van der Waals surface area (Å²) >= 11 is 0. The molecule has 2 aliphatic rings. The van der Waals surface area contributed by atoms with Crippen molar-refractivity contribution < 1.29 is 9.53 Å². The Labute approximate surface area is 86.0 Å². The molecule has 1 saturated heterocycles. The minimum Gasteiger partial charge on any atom is -0.368 e. The SMILES string of the molecule is CC1(C(=O)CC2CCCC2)CCCO1. The van der Waals surface area contributed by atoms with Crippen molar-refractivity contribution in [2.45, 2.75) is 57.5 Å². The highest BCUT2D eigenvalue weighted by atomic mass is 16.5. The third-order valence-electron chi connectivity index (χ3n) is 3.76. The second kappa shape index (κ2) is 4.01. The molecular formula is C12H20O2. The van der Waals surface area contributed by atoms with Gasteiger partial charge in [-0.15, -0.1) is 0 Å². The van der Waals surface area contributed by atoms with Crippen molar-refractivity contribution in [3.63, 3.8) is 0 Å². The molecule has 2 fully saturated rings. The Morgan fingerprint density at radius 3 is 2.64 bits per heavy atom. The number of ether oxygens (including phenoxy) is 1. The van der Waals surface area contributed by atoms with E-state index >= 15 is 0 Å². The summed E-state index contributed by atoms with van der Waals surface area (Å²) in [4.78, 5) is 12.0. The number of Topliss-reactive ketones (excluding diaryl/α,β-unsaturated/α-hetero) is 1. The summed E-state index contributed by atoms with van der Waals surface area (Å²) in [6.07, 6.45) is 7.87. The van der Waals surface area contributed by atoms with Crippen molar-refractivity contribution in [1.82, 2.24) is 0 Å². The minimum absolute atomic E-state index is 0.349. The fourth-order valence-electron chi connectivity index (χ4n) is 2.69. The number of hydrogen-bond donors (Lipinski definition) is 0. The summed E-state index contributed by atoms with van der Waals surface area (Å²) < 4.78 is 5.56. The van der Waals surface area contributed by atoms with E-state index < -0.39 is 5.60 Å². The van der Waals surface area contributed by atoms with Gasteiger partial charge >= 0.3 is 0 Å². The van der Waals surface area contributed by atoms with Crippen LogP contribution in [0.25, 0.3) is 0 Å². The summed E-state index contributed by atoms with van der Waals surface area (Å²) in [5.41, 5.74) is -0.428. The highest BCUT2D eigenvalue weighted by molar-refractivity contribution is 5.87. The van der Waals surface area contributed by atoms with Gasteiger partial charge < -0.3 is 4.74 Å². The van der Waals surface area contributed by atoms with Crippen LogP contribution in [0, 0.1) is 5.92 Å². The van der Waals surface area contributed by atoms with E-state index in [9.17, 15) is 4.79 Å². The molecule has 2 rings (SSSR count). The zero-order valence-corrected chi connectivity index (χ0v) is 9.05. The van der Waals surface area contributed by atoms with Crippen LogP contribution in [0.2, 0.25) is 0 Å². The Balaban J connectivity index is 1.87. The molecular weight excluding hydrogens is 176 g/mol. The van der Waals surface area contributed by atoms with Gasteiger partial charge in [-0.3, -0.25) is 4.79 Å². The smallest absolute Gasteiger partial charge is 0.164 e. The van der Waals surface area contributed by atoms with E-state index in [-0.39, 0.29) is 0 Å². The van der Waals surface area contributed by atoms with Crippen LogP contribution < -0.4 is 0 Å². The molecule has 0 aromatic carbocycles. The van der Waals surface area contributed by atoms with Crippen molar-refractivity contribution in [2.24, 2.45) is 5.92 Å². The molecule has 0 radical (unpaired) electrons. The zero-order valence-electron chi connectivity index (χ0n) is 9.05. The molecule has 1 atom stereocenters. The number of rotatable bonds is 3. The van der Waals surface area contributed by atoms with Gasteiger partial charge in [-0.05, 0) is 25.7 Å². The van der Waals surface area contributed by atoms with E-state index in [0.717, 1.165) is 25.9 Å². The second-order valence-electron chi connectivity index (χ2n) is 4.96. The van der Waals surface area contributed by atoms with Gasteiger partial charge in [0.2, 0.25) is 0 Å². The lowest BCUT2D eigenvalue weighted by atomic mass is 9.89. The van der Waals surface area contributed by atoms with E-state index in [1.807, 2.05) is 6.92 Å². The predicted octanol–water partition coefficient (Wildman–Crippen LogP) is 2.70. The first-order valence-corrected chi connectivity index (χ1v) is 5.88. The maximum Gasteiger partial charge on any atom is 0.164 e. The maximum absolute atomic E-state index is 12.0. The lowest BCUT2D eigenvalue weighted by Gasteiger charge is -2.23. The summed E-state index contributed by atoms with van der Waals surface area (Å²) in [6.45, 7) is 2.74. The highest BCUT2D eigenvalue weighted by Gasteiger charge is 2.38. The lowest BCUT2D eigenvalue weighted by molar-refractivity contribution is -0.138. The minimum atomic E-state index is -0.428. The first-order valence-electron chi connectivity index (χ1n) is 5.88. The van der Waals surface area contributed by atoms with E-state index in [1.165, 1.54) is 25.7 Å². The molecule has 1 aliphatic carbocycles. The van der Waals surface area contributed by atoms with Crippen LogP contribution in [0.3, 0.4) is 0 Å². The molecule has 2 heteroatoms. The lowest BCUT2D eigenvalue weighted by Crippen LogP contribution is -2.35. The first-order chi connectivity index (χ1) is 6.71. The van der Waals surface area contributed by atoms with Gasteiger partial charge in [0.25, 0.3) is 0 Å². The van der Waals surface area contributed by atoms with E-state index in [2.05, 4.69) is 0 Å². The number of carbonyl (C=O) groups excluding carboxylic acids is 1. The van der Waals surface area contributed by atoms with Gasteiger partial charge in [0, 0.05) is 13.0 Å². The van der Waals surface area contributed by atoms with E-state index in [4.69, 9.17) is 4.74 Å². The Bertz CT molecular complexity index is 210. The molecule has 1 saturated carbocycles. The van der Waals surface area contributed by atoms with Crippen molar-refractivity contribution in [2.75, 3.05) is 6.61 Å². The standard InChI is InChI=1S/C12H20O2/c1-12(7-4-8-14-12)11(13)9-10-5-2-3-6-10/h10H,2-9H2,1H3. The van der Waals surface area contributed by atoms with Gasteiger partial charge in [0.15, 0.2) is 5.78 Å². The maximum atomic E-state index is 12.0. The van der Waals surface area contributed by atoms with E-state index in [0.29, 0.717) is 11.7 Å². The second-order valence-corrected chi connectivity index (χ2v) is 4.96. The third-order valence-corrected chi connectivity index (χ3v) is 3.76. The van der Waals surface area contributed by atoms with Gasteiger partial charge in [-0.25, -0.2) is 0 Å². The van der Waals surface area contributed by atoms with E-state index in [1.54, 1.807) is 0 Å². The van der Waals surface area contributed by atoms with Crippen molar-refractivity contribution in [1.29, 1.82) is 0 Å². The van der Waals surface area contributed by atoms with Crippen molar-refractivity contribution >= 4 is 5.78 Å². The summed E-state index contributed by atoms with van der Waals surface area (Å²) in [5, 5.41) is 0. The fraction of sp³-hybridized carbons (Fsp3) is 0.917. The van der Waals surface area contributed by atoms with Crippen molar-refractivity contribution in [3.8, 4) is 0 Å². The van der Waals surface area contributed by atoms with Crippen molar-refractivity contribution in [3.05, 3.63) is 0 Å². The number of carbonyl (C=O) groups is 1. The monoisotopic (exact) mass is 196 g/mol. The molecule has 1 unspecified atom stereocenters. The van der Waals surface area contributed by atoms with Crippen LogP contribution in [0.4, 0.5) is 0 Å². The Kier molecular flexibility index (Phi) is 2.91. The fourth-order valence-corrected chi connectivity index (χ4v) is 2.69. The molecule has 0 bridgehead atoms. The van der Waals surface area contributed by atoms with Crippen LogP contribution in [-0.2, 0) is 9.53 Å². The van der Waals surface area contributed by atoms with Gasteiger partial charge in [-0.1, -0.05) is 25.7 Å². The third kappa shape index (κ3) is 2.00. The quantitative estimate of drug-likeness (QED) is 0.693. The molecule has 1 aliphatic heterocycles. The van der Waals surface area contributed by atoms with Crippen LogP contribution in [-0.4, -0.2) is 18.0 Å². The normalized spacial score (nSPS) is 33.8. The molecule has 2 nitrogen and oxygen atoms in total. The van der Waals surface area contributed by atoms with Crippen LogP contribution in [0.1, 0.15) is 51.9 Å². The van der Waals surface area contributed by atoms with Crippen LogP contribution in [0.5, 0.6) is 0 Å².